The summed E-state index contributed by atoms with van der Waals surface area (Å²) >= 11 is 1.68. The van der Waals surface area contributed by atoms with Crippen molar-refractivity contribution in [3.05, 3.63) is 39.3 Å². The van der Waals surface area contributed by atoms with Gasteiger partial charge in [0.25, 0.3) is 0 Å². The van der Waals surface area contributed by atoms with Crippen molar-refractivity contribution in [1.29, 1.82) is 0 Å². The molecule has 1 aromatic carbocycles. The van der Waals surface area contributed by atoms with Crippen molar-refractivity contribution in [2.45, 2.75) is 26.5 Å². The van der Waals surface area contributed by atoms with E-state index in [4.69, 9.17) is 9.47 Å². The highest BCUT2D eigenvalue weighted by Gasteiger charge is 2.15. The zero-order valence-corrected chi connectivity index (χ0v) is 14.2. The van der Waals surface area contributed by atoms with E-state index in [1.807, 2.05) is 19.9 Å². The van der Waals surface area contributed by atoms with Gasteiger partial charge in [0.1, 0.15) is 11.5 Å². The highest BCUT2D eigenvalue weighted by Crippen LogP contribution is 2.29. The lowest BCUT2D eigenvalue weighted by Crippen LogP contribution is -2.21. The standard InChI is InChI=1S/C16H22N2O3S/c1-10-16(22-11(2)18-10)9-17-8-14(19)13-7-12(20-3)5-6-15(13)21-4/h5-7,14,17,19H,8-9H2,1-4H3. The van der Waals surface area contributed by atoms with Gasteiger partial charge in [-0.25, -0.2) is 4.98 Å². The van der Waals surface area contributed by atoms with Crippen LogP contribution in [0.1, 0.15) is 27.2 Å². The number of rotatable bonds is 7. The number of aliphatic hydroxyl groups excluding tert-OH is 1. The molecule has 0 fully saturated rings. The smallest absolute Gasteiger partial charge is 0.124 e. The van der Waals surface area contributed by atoms with Gasteiger partial charge in [-0.15, -0.1) is 11.3 Å². The molecule has 2 rings (SSSR count). The highest BCUT2D eigenvalue weighted by atomic mass is 32.1. The van der Waals surface area contributed by atoms with E-state index >= 15 is 0 Å². The van der Waals surface area contributed by atoms with Crippen LogP contribution in [0.25, 0.3) is 0 Å². The van der Waals surface area contributed by atoms with Crippen LogP contribution < -0.4 is 14.8 Å². The molecule has 0 amide bonds. The second kappa shape index (κ2) is 7.58. The summed E-state index contributed by atoms with van der Waals surface area (Å²) < 4.78 is 10.5. The molecule has 1 heterocycles. The van der Waals surface area contributed by atoms with Crippen molar-refractivity contribution < 1.29 is 14.6 Å². The summed E-state index contributed by atoms with van der Waals surface area (Å²) in [6, 6.07) is 5.41. The Kier molecular flexibility index (Phi) is 5.76. The van der Waals surface area contributed by atoms with E-state index in [1.165, 1.54) is 4.88 Å². The molecule has 1 atom stereocenters. The minimum absolute atomic E-state index is 0.430. The van der Waals surface area contributed by atoms with Crippen molar-refractivity contribution in [1.82, 2.24) is 10.3 Å². The van der Waals surface area contributed by atoms with Gasteiger partial charge in [0.05, 0.1) is 31.0 Å². The number of thiazole rings is 1. The number of nitrogens with one attached hydrogen (secondary N) is 1. The van der Waals surface area contributed by atoms with E-state index < -0.39 is 6.10 Å². The Bertz CT molecular complexity index is 628. The first kappa shape index (κ1) is 16.7. The number of hydrogen-bond donors (Lipinski definition) is 2. The van der Waals surface area contributed by atoms with Gasteiger partial charge in [0, 0.05) is 23.5 Å². The van der Waals surface area contributed by atoms with E-state index in [0.717, 1.165) is 10.7 Å². The van der Waals surface area contributed by atoms with Crippen LogP contribution in [0.5, 0.6) is 11.5 Å². The summed E-state index contributed by atoms with van der Waals surface area (Å²) in [6.07, 6.45) is -0.667. The fourth-order valence-corrected chi connectivity index (χ4v) is 3.18. The summed E-state index contributed by atoms with van der Waals surface area (Å²) in [5.74, 6) is 1.35. The summed E-state index contributed by atoms with van der Waals surface area (Å²) in [5, 5.41) is 14.7. The fraction of sp³-hybridized carbons (Fsp3) is 0.438. The predicted octanol–water partition coefficient (Wildman–Crippen LogP) is 2.60. The van der Waals surface area contributed by atoms with Gasteiger partial charge in [-0.05, 0) is 32.0 Å². The molecule has 120 valence electrons. The Labute approximate surface area is 134 Å². The maximum Gasteiger partial charge on any atom is 0.124 e. The van der Waals surface area contributed by atoms with E-state index in [1.54, 1.807) is 37.7 Å². The molecule has 0 saturated carbocycles. The molecule has 1 aromatic heterocycles. The summed E-state index contributed by atoms with van der Waals surface area (Å²) in [6.45, 7) is 5.12. The van der Waals surface area contributed by atoms with E-state index in [-0.39, 0.29) is 0 Å². The van der Waals surface area contributed by atoms with Gasteiger partial charge in [-0.1, -0.05) is 0 Å². The normalized spacial score (nSPS) is 12.2. The SMILES string of the molecule is COc1ccc(OC)c(C(O)CNCc2sc(C)nc2C)c1. The molecule has 0 aliphatic heterocycles. The van der Waals surface area contributed by atoms with Crippen LogP contribution in [0.4, 0.5) is 0 Å². The fourth-order valence-electron chi connectivity index (χ4n) is 2.27. The largest absolute Gasteiger partial charge is 0.497 e. The van der Waals surface area contributed by atoms with Gasteiger partial charge in [-0.2, -0.15) is 0 Å². The van der Waals surface area contributed by atoms with Gasteiger partial charge in [-0.3, -0.25) is 0 Å². The Morgan fingerprint density at radius 2 is 2.05 bits per heavy atom. The van der Waals surface area contributed by atoms with Crippen LogP contribution in [0.2, 0.25) is 0 Å². The van der Waals surface area contributed by atoms with E-state index in [0.29, 0.717) is 30.2 Å². The number of aryl methyl sites for hydroxylation is 2. The Morgan fingerprint density at radius 3 is 2.64 bits per heavy atom. The third kappa shape index (κ3) is 3.97. The molecular weight excluding hydrogens is 300 g/mol. The molecule has 5 nitrogen and oxygen atoms in total. The van der Waals surface area contributed by atoms with Gasteiger partial charge < -0.3 is 19.9 Å². The molecule has 0 bridgehead atoms. The molecule has 2 N–H and O–H groups in total. The highest BCUT2D eigenvalue weighted by molar-refractivity contribution is 7.11. The maximum absolute atomic E-state index is 10.4. The second-order valence-electron chi connectivity index (χ2n) is 5.00. The van der Waals surface area contributed by atoms with Crippen molar-refractivity contribution in [2.24, 2.45) is 0 Å². The lowest BCUT2D eigenvalue weighted by atomic mass is 10.1. The Morgan fingerprint density at radius 1 is 1.27 bits per heavy atom. The number of ether oxygens (including phenoxy) is 2. The second-order valence-corrected chi connectivity index (χ2v) is 6.28. The molecule has 0 aliphatic rings. The zero-order valence-electron chi connectivity index (χ0n) is 13.3. The molecule has 1 unspecified atom stereocenters. The average Bonchev–Trinajstić information content (AvgIpc) is 2.84. The molecule has 0 aliphatic carbocycles. The number of nitrogens with zero attached hydrogens (tertiary/aromatic N) is 1. The van der Waals surface area contributed by atoms with Crippen LogP contribution >= 0.6 is 11.3 Å². The molecule has 0 radical (unpaired) electrons. The Balaban J connectivity index is 1.99. The molecule has 0 saturated heterocycles. The third-order valence-corrected chi connectivity index (χ3v) is 4.49. The van der Waals surface area contributed by atoms with Gasteiger partial charge in [0.15, 0.2) is 0 Å². The minimum atomic E-state index is -0.667. The first-order valence-corrected chi connectivity index (χ1v) is 7.90. The number of hydrogen-bond acceptors (Lipinski definition) is 6. The van der Waals surface area contributed by atoms with Crippen molar-refractivity contribution in [3.63, 3.8) is 0 Å². The van der Waals surface area contributed by atoms with E-state index in [2.05, 4.69) is 10.3 Å². The first-order chi connectivity index (χ1) is 10.5. The summed E-state index contributed by atoms with van der Waals surface area (Å²) in [5.41, 5.74) is 1.76. The van der Waals surface area contributed by atoms with Crippen molar-refractivity contribution in [2.75, 3.05) is 20.8 Å². The van der Waals surface area contributed by atoms with Gasteiger partial charge in [0.2, 0.25) is 0 Å². The summed E-state index contributed by atoms with van der Waals surface area (Å²) in [7, 11) is 3.19. The van der Waals surface area contributed by atoms with Crippen LogP contribution in [0, 0.1) is 13.8 Å². The minimum Gasteiger partial charge on any atom is -0.497 e. The number of aromatic nitrogens is 1. The first-order valence-electron chi connectivity index (χ1n) is 7.08. The average molecular weight is 322 g/mol. The van der Waals surface area contributed by atoms with Crippen LogP contribution in [-0.2, 0) is 6.54 Å². The third-order valence-electron chi connectivity index (χ3n) is 3.42. The summed E-state index contributed by atoms with van der Waals surface area (Å²) in [4.78, 5) is 5.59. The van der Waals surface area contributed by atoms with Crippen LogP contribution in [0.15, 0.2) is 18.2 Å². The zero-order chi connectivity index (χ0) is 16.1. The number of benzene rings is 1. The maximum atomic E-state index is 10.4. The molecule has 0 spiro atoms. The lowest BCUT2D eigenvalue weighted by Gasteiger charge is -2.16. The quantitative estimate of drug-likeness (QED) is 0.820. The van der Waals surface area contributed by atoms with Gasteiger partial charge >= 0.3 is 0 Å². The van der Waals surface area contributed by atoms with Crippen molar-refractivity contribution in [3.8, 4) is 11.5 Å². The van der Waals surface area contributed by atoms with Crippen molar-refractivity contribution >= 4 is 11.3 Å². The molecule has 6 heteroatoms. The number of methoxy groups -OCH3 is 2. The van der Waals surface area contributed by atoms with Crippen LogP contribution in [-0.4, -0.2) is 30.9 Å². The lowest BCUT2D eigenvalue weighted by molar-refractivity contribution is 0.170. The van der Waals surface area contributed by atoms with Crippen LogP contribution in [0.3, 0.4) is 0 Å². The molecular formula is C16H22N2O3S. The monoisotopic (exact) mass is 322 g/mol. The Hall–Kier alpha value is -1.63. The number of aliphatic hydroxyl groups is 1. The predicted molar refractivity (Wildman–Crippen MR) is 87.8 cm³/mol. The molecule has 2 aromatic rings. The topological polar surface area (TPSA) is 63.6 Å². The van der Waals surface area contributed by atoms with E-state index in [9.17, 15) is 5.11 Å². The molecule has 22 heavy (non-hydrogen) atoms.